The minimum atomic E-state index is -0.762. The van der Waals surface area contributed by atoms with Crippen LogP contribution in [-0.2, 0) is 14.3 Å². The van der Waals surface area contributed by atoms with Crippen molar-refractivity contribution in [1.82, 2.24) is 10.2 Å². The number of hydrogen-bond donors (Lipinski definition) is 2. The van der Waals surface area contributed by atoms with Gasteiger partial charge < -0.3 is 15.4 Å². The second kappa shape index (κ2) is 7.15. The van der Waals surface area contributed by atoms with Gasteiger partial charge in [-0.2, -0.15) is 0 Å². The molecule has 1 saturated carbocycles. The highest BCUT2D eigenvalue weighted by atomic mass is 16.5. The summed E-state index contributed by atoms with van der Waals surface area (Å²) in [6.45, 7) is 0.0228. The van der Waals surface area contributed by atoms with Crippen molar-refractivity contribution in [3.8, 4) is 0 Å². The molecule has 1 aromatic rings. The van der Waals surface area contributed by atoms with E-state index in [9.17, 15) is 19.2 Å². The molecular formula is C18H21N3O5. The third kappa shape index (κ3) is 3.40. The predicted octanol–water partition coefficient (Wildman–Crippen LogP) is 1.67. The number of anilines is 1. The maximum absolute atomic E-state index is 12.5. The van der Waals surface area contributed by atoms with E-state index < -0.39 is 17.5 Å². The van der Waals surface area contributed by atoms with E-state index in [2.05, 4.69) is 15.4 Å². The van der Waals surface area contributed by atoms with Crippen molar-refractivity contribution in [2.45, 2.75) is 37.6 Å². The molecule has 26 heavy (non-hydrogen) atoms. The van der Waals surface area contributed by atoms with Crippen LogP contribution in [0.4, 0.5) is 10.5 Å². The van der Waals surface area contributed by atoms with E-state index in [1.165, 1.54) is 13.2 Å². The van der Waals surface area contributed by atoms with Crippen molar-refractivity contribution in [3.63, 3.8) is 0 Å². The third-order valence-electron chi connectivity index (χ3n) is 4.83. The van der Waals surface area contributed by atoms with Gasteiger partial charge >= 0.3 is 12.0 Å². The lowest BCUT2D eigenvalue weighted by atomic mass is 9.98. The Morgan fingerprint density at radius 1 is 1.27 bits per heavy atom. The molecule has 1 aliphatic heterocycles. The number of hydrogen-bond acceptors (Lipinski definition) is 5. The van der Waals surface area contributed by atoms with Crippen molar-refractivity contribution >= 4 is 29.5 Å². The van der Waals surface area contributed by atoms with Gasteiger partial charge in [-0.05, 0) is 31.0 Å². The Morgan fingerprint density at radius 3 is 2.69 bits per heavy atom. The number of ether oxygens (including phenoxy) is 1. The summed E-state index contributed by atoms with van der Waals surface area (Å²) in [5.41, 5.74) is 0.00696. The lowest BCUT2D eigenvalue weighted by Crippen LogP contribution is -2.44. The van der Waals surface area contributed by atoms with Gasteiger partial charge in [0.15, 0.2) is 0 Å². The normalized spacial score (nSPS) is 18.1. The summed E-state index contributed by atoms with van der Waals surface area (Å²) in [6.07, 6.45) is 3.12. The summed E-state index contributed by atoms with van der Waals surface area (Å²) >= 11 is 0. The third-order valence-corrected chi connectivity index (χ3v) is 4.83. The Hall–Kier alpha value is -2.90. The predicted molar refractivity (Wildman–Crippen MR) is 92.5 cm³/mol. The summed E-state index contributed by atoms with van der Waals surface area (Å²) in [5.74, 6) is -1.08. The molecule has 2 N–H and O–H groups in total. The van der Waals surface area contributed by atoms with Crippen LogP contribution in [-0.4, -0.2) is 47.9 Å². The van der Waals surface area contributed by atoms with E-state index >= 15 is 0 Å². The number of esters is 1. The Balaban J connectivity index is 1.57. The van der Waals surface area contributed by atoms with E-state index in [0.717, 1.165) is 17.7 Å². The quantitative estimate of drug-likeness (QED) is 0.615. The number of amides is 4. The molecule has 1 aliphatic carbocycles. The number of carbonyl (C=O) groups excluding carboxylic acids is 4. The van der Waals surface area contributed by atoms with Crippen LogP contribution >= 0.6 is 0 Å². The monoisotopic (exact) mass is 359 g/mol. The molecule has 1 heterocycles. The molecule has 4 amide bonds. The van der Waals surface area contributed by atoms with Crippen LogP contribution in [0, 0.1) is 0 Å². The molecule has 2 fully saturated rings. The molecule has 2 aliphatic rings. The van der Waals surface area contributed by atoms with Gasteiger partial charge in [-0.1, -0.05) is 18.9 Å². The summed E-state index contributed by atoms with van der Waals surface area (Å²) in [5, 5.41) is 5.44. The molecule has 0 aromatic heterocycles. The maximum atomic E-state index is 12.5. The van der Waals surface area contributed by atoms with Crippen molar-refractivity contribution in [2.24, 2.45) is 0 Å². The van der Waals surface area contributed by atoms with Gasteiger partial charge in [-0.25, -0.2) is 9.59 Å². The fourth-order valence-corrected chi connectivity index (χ4v) is 3.48. The van der Waals surface area contributed by atoms with Gasteiger partial charge in [0, 0.05) is 18.7 Å². The number of nitrogens with one attached hydrogen (secondary N) is 2. The SMILES string of the molecule is COC(=O)c1cccc(NC(=O)CCN2C(=O)NC3(CCCC3)C2=O)c1. The van der Waals surface area contributed by atoms with Crippen LogP contribution in [0.3, 0.4) is 0 Å². The zero-order chi connectivity index (χ0) is 18.7. The zero-order valence-electron chi connectivity index (χ0n) is 14.5. The average molecular weight is 359 g/mol. The molecule has 138 valence electrons. The first kappa shape index (κ1) is 17.9. The maximum Gasteiger partial charge on any atom is 0.337 e. The van der Waals surface area contributed by atoms with Crippen LogP contribution in [0.2, 0.25) is 0 Å². The van der Waals surface area contributed by atoms with Gasteiger partial charge in [0.2, 0.25) is 5.91 Å². The minimum absolute atomic E-state index is 0.0162. The molecule has 0 unspecified atom stereocenters. The molecule has 1 spiro atoms. The van der Waals surface area contributed by atoms with E-state index in [-0.39, 0.29) is 24.8 Å². The average Bonchev–Trinajstić information content (AvgIpc) is 3.19. The van der Waals surface area contributed by atoms with E-state index in [4.69, 9.17) is 0 Å². The molecule has 1 aromatic carbocycles. The Morgan fingerprint density at radius 2 is 2.00 bits per heavy atom. The van der Waals surface area contributed by atoms with Crippen molar-refractivity contribution in [3.05, 3.63) is 29.8 Å². The summed E-state index contributed by atoms with van der Waals surface area (Å²) in [7, 11) is 1.28. The number of urea groups is 1. The van der Waals surface area contributed by atoms with E-state index in [1.807, 2.05) is 0 Å². The summed E-state index contributed by atoms with van der Waals surface area (Å²) in [4.78, 5) is 49.4. The Bertz CT molecular complexity index is 755. The fourth-order valence-electron chi connectivity index (χ4n) is 3.48. The number of imide groups is 1. The first-order valence-electron chi connectivity index (χ1n) is 8.57. The first-order valence-corrected chi connectivity index (χ1v) is 8.57. The topological polar surface area (TPSA) is 105 Å². The van der Waals surface area contributed by atoms with Crippen LogP contribution in [0.1, 0.15) is 42.5 Å². The molecule has 1 saturated heterocycles. The summed E-state index contributed by atoms with van der Waals surface area (Å²) < 4.78 is 4.64. The number of benzene rings is 1. The van der Waals surface area contributed by atoms with Crippen LogP contribution in [0.25, 0.3) is 0 Å². The van der Waals surface area contributed by atoms with Crippen molar-refractivity contribution in [2.75, 3.05) is 19.0 Å². The van der Waals surface area contributed by atoms with E-state index in [1.54, 1.807) is 18.2 Å². The zero-order valence-corrected chi connectivity index (χ0v) is 14.5. The second-order valence-electron chi connectivity index (χ2n) is 6.55. The summed E-state index contributed by atoms with van der Waals surface area (Å²) in [6, 6.07) is 5.92. The highest BCUT2D eigenvalue weighted by Crippen LogP contribution is 2.35. The molecular weight excluding hydrogens is 338 g/mol. The molecule has 8 nitrogen and oxygen atoms in total. The first-order chi connectivity index (χ1) is 12.4. The van der Waals surface area contributed by atoms with E-state index in [0.29, 0.717) is 24.1 Å². The lowest BCUT2D eigenvalue weighted by Gasteiger charge is -2.19. The van der Waals surface area contributed by atoms with Crippen LogP contribution in [0.5, 0.6) is 0 Å². The van der Waals surface area contributed by atoms with Gasteiger partial charge in [0.25, 0.3) is 5.91 Å². The second-order valence-corrected chi connectivity index (χ2v) is 6.55. The fraction of sp³-hybridized carbons (Fsp3) is 0.444. The van der Waals surface area contributed by atoms with Crippen molar-refractivity contribution in [1.29, 1.82) is 0 Å². The highest BCUT2D eigenvalue weighted by Gasteiger charge is 2.52. The standard InChI is InChI=1S/C18H21N3O5/c1-26-15(23)12-5-4-6-13(11-12)19-14(22)7-10-21-16(24)18(20-17(21)25)8-2-3-9-18/h4-6,11H,2-3,7-10H2,1H3,(H,19,22)(H,20,25). The number of rotatable bonds is 5. The smallest absolute Gasteiger partial charge is 0.337 e. The molecule has 0 bridgehead atoms. The Labute approximate surface area is 150 Å². The molecule has 0 radical (unpaired) electrons. The van der Waals surface area contributed by atoms with Gasteiger partial charge in [-0.15, -0.1) is 0 Å². The molecule has 0 atom stereocenters. The van der Waals surface area contributed by atoms with Crippen LogP contribution in [0.15, 0.2) is 24.3 Å². The van der Waals surface area contributed by atoms with Gasteiger partial charge in [0.1, 0.15) is 5.54 Å². The Kier molecular flexibility index (Phi) is 4.92. The number of carbonyl (C=O) groups is 4. The van der Waals surface area contributed by atoms with Crippen LogP contribution < -0.4 is 10.6 Å². The molecule has 8 heteroatoms. The number of methoxy groups -OCH3 is 1. The minimum Gasteiger partial charge on any atom is -0.465 e. The lowest BCUT2D eigenvalue weighted by molar-refractivity contribution is -0.131. The molecule has 3 rings (SSSR count). The van der Waals surface area contributed by atoms with Gasteiger partial charge in [-0.3, -0.25) is 14.5 Å². The highest BCUT2D eigenvalue weighted by molar-refractivity contribution is 6.07. The number of nitrogens with zero attached hydrogens (tertiary/aromatic N) is 1. The largest absolute Gasteiger partial charge is 0.465 e. The van der Waals surface area contributed by atoms with Gasteiger partial charge in [0.05, 0.1) is 12.7 Å². The van der Waals surface area contributed by atoms with Crippen molar-refractivity contribution < 1.29 is 23.9 Å².